The van der Waals surface area contributed by atoms with E-state index in [2.05, 4.69) is 10.3 Å². The number of nitrogen functional groups attached to an aromatic ring is 1. The van der Waals surface area contributed by atoms with E-state index in [1.165, 1.54) is 0 Å². The van der Waals surface area contributed by atoms with Gasteiger partial charge in [0.25, 0.3) is 5.91 Å². The molecule has 1 heterocycles. The van der Waals surface area contributed by atoms with Gasteiger partial charge in [-0.1, -0.05) is 6.07 Å². The predicted molar refractivity (Wildman–Crippen MR) is 78.3 cm³/mol. The molecule has 0 unspecified atom stereocenters. The Labute approximate surface area is 116 Å². The second-order valence-electron chi connectivity index (χ2n) is 4.57. The third-order valence-corrected chi connectivity index (χ3v) is 3.84. The molecule has 0 bridgehead atoms. The van der Waals surface area contributed by atoms with E-state index in [0.717, 1.165) is 21.0 Å². The van der Waals surface area contributed by atoms with Crippen molar-refractivity contribution >= 4 is 22.9 Å². The average molecular weight is 275 g/mol. The molecule has 100 valence electrons. The van der Waals surface area contributed by atoms with E-state index < -0.39 is 0 Å². The molecule has 1 aromatic carbocycles. The fraction of sp³-hybridized carbons (Fsp3) is 0.286. The molecule has 0 saturated carbocycles. The maximum Gasteiger partial charge on any atom is 0.251 e. The smallest absolute Gasteiger partial charge is 0.251 e. The first-order valence-corrected chi connectivity index (χ1v) is 6.85. The summed E-state index contributed by atoms with van der Waals surface area (Å²) in [4.78, 5) is 17.5. The van der Waals surface area contributed by atoms with Crippen molar-refractivity contribution in [3.8, 4) is 0 Å². The summed E-state index contributed by atoms with van der Waals surface area (Å²) in [6.45, 7) is 6.29. The number of hydrogen-bond acceptors (Lipinski definition) is 4. The minimum Gasteiger partial charge on any atom is -0.398 e. The summed E-state index contributed by atoms with van der Waals surface area (Å²) in [5, 5.41) is 3.78. The monoisotopic (exact) mass is 275 g/mol. The molecule has 19 heavy (non-hydrogen) atoms. The van der Waals surface area contributed by atoms with Crippen molar-refractivity contribution in [2.45, 2.75) is 27.3 Å². The third kappa shape index (κ3) is 3.12. The number of anilines is 1. The van der Waals surface area contributed by atoms with Crippen LogP contribution in [0.3, 0.4) is 0 Å². The Kier molecular flexibility index (Phi) is 3.85. The quantitative estimate of drug-likeness (QED) is 0.846. The molecule has 0 aliphatic rings. The van der Waals surface area contributed by atoms with Crippen LogP contribution in [0.1, 0.15) is 31.4 Å². The Balaban J connectivity index is 2.10. The van der Waals surface area contributed by atoms with E-state index in [1.54, 1.807) is 23.6 Å². The van der Waals surface area contributed by atoms with Crippen LogP contribution in [0.5, 0.6) is 0 Å². The number of benzene rings is 1. The van der Waals surface area contributed by atoms with Gasteiger partial charge < -0.3 is 11.1 Å². The maximum atomic E-state index is 12.1. The van der Waals surface area contributed by atoms with Crippen LogP contribution in [0, 0.1) is 20.8 Å². The lowest BCUT2D eigenvalue weighted by Crippen LogP contribution is -2.23. The number of nitrogens with two attached hydrogens (primary N) is 1. The molecule has 0 atom stereocenters. The number of nitrogens with one attached hydrogen (secondary N) is 1. The Morgan fingerprint density at radius 2 is 2.05 bits per heavy atom. The second kappa shape index (κ2) is 5.40. The number of aromatic nitrogens is 1. The van der Waals surface area contributed by atoms with Crippen molar-refractivity contribution in [1.29, 1.82) is 0 Å². The van der Waals surface area contributed by atoms with Gasteiger partial charge in [-0.2, -0.15) is 0 Å². The Bertz CT molecular complexity index is 619. The first kappa shape index (κ1) is 13.5. The molecule has 1 amide bonds. The van der Waals surface area contributed by atoms with Gasteiger partial charge in [0.1, 0.15) is 5.01 Å². The predicted octanol–water partition coefficient (Wildman–Crippen LogP) is 2.58. The first-order valence-electron chi connectivity index (χ1n) is 6.03. The molecule has 0 saturated heterocycles. The van der Waals surface area contributed by atoms with Crippen LogP contribution in [0.25, 0.3) is 0 Å². The standard InChI is InChI=1S/C14H17N3OS/c1-8-4-9(2)12(15)5-11(8)14(18)17-7-13-16-6-10(3)19-13/h4-6H,7,15H2,1-3H3,(H,17,18). The Hall–Kier alpha value is -1.88. The number of carbonyl (C=O) groups is 1. The maximum absolute atomic E-state index is 12.1. The topological polar surface area (TPSA) is 68.0 Å². The number of aryl methyl sites for hydroxylation is 3. The van der Waals surface area contributed by atoms with Gasteiger partial charge in [-0.25, -0.2) is 4.98 Å². The minimum atomic E-state index is -0.114. The molecule has 2 rings (SSSR count). The van der Waals surface area contributed by atoms with Crippen LogP contribution < -0.4 is 11.1 Å². The van der Waals surface area contributed by atoms with Gasteiger partial charge in [0.05, 0.1) is 6.54 Å². The summed E-state index contributed by atoms with van der Waals surface area (Å²) in [5.74, 6) is -0.114. The molecule has 2 aromatic rings. The van der Waals surface area contributed by atoms with Crippen LogP contribution in [0.15, 0.2) is 18.3 Å². The third-order valence-electron chi connectivity index (χ3n) is 2.93. The van der Waals surface area contributed by atoms with Gasteiger partial charge in [0, 0.05) is 22.3 Å². The van der Waals surface area contributed by atoms with Gasteiger partial charge in [-0.15, -0.1) is 11.3 Å². The largest absolute Gasteiger partial charge is 0.398 e. The summed E-state index contributed by atoms with van der Waals surface area (Å²) in [5.41, 5.74) is 9.03. The zero-order valence-corrected chi connectivity index (χ0v) is 12.1. The van der Waals surface area contributed by atoms with Crippen molar-refractivity contribution < 1.29 is 4.79 Å². The van der Waals surface area contributed by atoms with E-state index in [-0.39, 0.29) is 5.91 Å². The Morgan fingerprint density at radius 3 is 2.68 bits per heavy atom. The summed E-state index contributed by atoms with van der Waals surface area (Å²) in [6, 6.07) is 3.66. The first-order chi connectivity index (χ1) is 8.97. The average Bonchev–Trinajstić information content (AvgIpc) is 2.77. The van der Waals surface area contributed by atoms with E-state index >= 15 is 0 Å². The second-order valence-corrected chi connectivity index (χ2v) is 5.89. The summed E-state index contributed by atoms with van der Waals surface area (Å²) in [6.07, 6.45) is 1.81. The molecule has 0 fully saturated rings. The molecule has 0 radical (unpaired) electrons. The summed E-state index contributed by atoms with van der Waals surface area (Å²) < 4.78 is 0. The molecule has 4 nitrogen and oxygen atoms in total. The normalized spacial score (nSPS) is 10.5. The SMILES string of the molecule is Cc1cnc(CNC(=O)c2cc(N)c(C)cc2C)s1. The number of carbonyl (C=O) groups excluding carboxylic acids is 1. The summed E-state index contributed by atoms with van der Waals surface area (Å²) >= 11 is 1.58. The number of thiazole rings is 1. The van der Waals surface area contributed by atoms with Crippen LogP contribution >= 0.6 is 11.3 Å². The fourth-order valence-corrected chi connectivity index (χ4v) is 2.57. The number of rotatable bonds is 3. The number of nitrogens with zero attached hydrogens (tertiary/aromatic N) is 1. The minimum absolute atomic E-state index is 0.114. The lowest BCUT2D eigenvalue weighted by atomic mass is 10.0. The highest BCUT2D eigenvalue weighted by atomic mass is 32.1. The van der Waals surface area contributed by atoms with Crippen LogP contribution in [0.2, 0.25) is 0 Å². The van der Waals surface area contributed by atoms with Gasteiger partial charge in [-0.3, -0.25) is 4.79 Å². The molecule has 0 spiro atoms. The van der Waals surface area contributed by atoms with E-state index in [0.29, 0.717) is 17.8 Å². The lowest BCUT2D eigenvalue weighted by molar-refractivity contribution is 0.0950. The van der Waals surface area contributed by atoms with Gasteiger partial charge in [0.2, 0.25) is 0 Å². The zero-order valence-electron chi connectivity index (χ0n) is 11.3. The molecule has 1 aromatic heterocycles. The van der Waals surface area contributed by atoms with Crippen molar-refractivity contribution in [3.63, 3.8) is 0 Å². The molecule has 0 aliphatic carbocycles. The molecule has 5 heteroatoms. The highest BCUT2D eigenvalue weighted by molar-refractivity contribution is 7.11. The zero-order chi connectivity index (χ0) is 14.0. The molecular formula is C14H17N3OS. The van der Waals surface area contributed by atoms with Crippen molar-refractivity contribution in [2.24, 2.45) is 0 Å². The van der Waals surface area contributed by atoms with Crippen LogP contribution in [0.4, 0.5) is 5.69 Å². The van der Waals surface area contributed by atoms with Crippen molar-refractivity contribution in [3.05, 3.63) is 44.9 Å². The highest BCUT2D eigenvalue weighted by Gasteiger charge is 2.11. The van der Waals surface area contributed by atoms with E-state index in [1.807, 2.05) is 26.8 Å². The highest BCUT2D eigenvalue weighted by Crippen LogP contribution is 2.18. The molecule has 0 aliphatic heterocycles. The van der Waals surface area contributed by atoms with E-state index in [9.17, 15) is 4.79 Å². The number of hydrogen-bond donors (Lipinski definition) is 2. The number of amides is 1. The van der Waals surface area contributed by atoms with Crippen molar-refractivity contribution in [1.82, 2.24) is 10.3 Å². The fourth-order valence-electron chi connectivity index (χ4n) is 1.85. The van der Waals surface area contributed by atoms with Crippen molar-refractivity contribution in [2.75, 3.05) is 5.73 Å². The van der Waals surface area contributed by atoms with Gasteiger partial charge in [0.15, 0.2) is 0 Å². The molecular weight excluding hydrogens is 258 g/mol. The van der Waals surface area contributed by atoms with Gasteiger partial charge >= 0.3 is 0 Å². The van der Waals surface area contributed by atoms with Crippen LogP contribution in [-0.4, -0.2) is 10.9 Å². The van der Waals surface area contributed by atoms with Gasteiger partial charge in [-0.05, 0) is 38.0 Å². The molecule has 3 N–H and O–H groups in total. The summed E-state index contributed by atoms with van der Waals surface area (Å²) in [7, 11) is 0. The van der Waals surface area contributed by atoms with E-state index in [4.69, 9.17) is 5.73 Å². The lowest BCUT2D eigenvalue weighted by Gasteiger charge is -2.09. The Morgan fingerprint density at radius 1 is 1.32 bits per heavy atom. The van der Waals surface area contributed by atoms with Crippen LogP contribution in [-0.2, 0) is 6.54 Å².